The summed E-state index contributed by atoms with van der Waals surface area (Å²) >= 11 is 12.3. The van der Waals surface area contributed by atoms with E-state index in [1.807, 2.05) is 19.1 Å². The van der Waals surface area contributed by atoms with Crippen LogP contribution in [0.15, 0.2) is 54.7 Å². The Hall–Kier alpha value is -4.02. The number of imide groups is 1. The second kappa shape index (κ2) is 11.2. The summed E-state index contributed by atoms with van der Waals surface area (Å²) < 4.78 is 6.67. The van der Waals surface area contributed by atoms with Crippen LogP contribution in [0.4, 0.5) is 5.69 Å². The molecule has 1 aliphatic carbocycles. The van der Waals surface area contributed by atoms with Crippen LogP contribution in [-0.4, -0.2) is 63.8 Å². The number of esters is 1. The molecule has 6 rings (SSSR count). The molecular formula is C31H29Cl2N5O5. The number of aryl methyl sites for hydroxylation is 1. The molecule has 0 radical (unpaired) electrons. The standard InChI is InChI=1S/C31H29Cl2N5O5/c1-18-7-8-19(15-26(18)38-28(40)23-5-3-4-6-24(23)29(38)41)27(39)36-11-9-31(10-12-36,30(42)43-2)37-17-25(34-35-37)20-13-21(32)16-22(33)14-20/h3-4,7-8,13-17,23-24H,5-6,9-12H2,1-2H3. The molecule has 222 valence electrons. The number of rotatable bonds is 5. The summed E-state index contributed by atoms with van der Waals surface area (Å²) in [6.45, 7) is 2.30. The fourth-order valence-corrected chi connectivity index (χ4v) is 6.83. The summed E-state index contributed by atoms with van der Waals surface area (Å²) in [5, 5.41) is 9.39. The fraction of sp³-hybridized carbons (Fsp3) is 0.355. The Balaban J connectivity index is 1.23. The largest absolute Gasteiger partial charge is 0.467 e. The average Bonchev–Trinajstić information content (AvgIpc) is 3.60. The van der Waals surface area contributed by atoms with Gasteiger partial charge < -0.3 is 9.64 Å². The van der Waals surface area contributed by atoms with E-state index in [1.165, 1.54) is 16.7 Å². The fourth-order valence-electron chi connectivity index (χ4n) is 6.31. The summed E-state index contributed by atoms with van der Waals surface area (Å²) in [5.41, 5.74) is 1.50. The lowest BCUT2D eigenvalue weighted by Crippen LogP contribution is -2.53. The van der Waals surface area contributed by atoms with Crippen LogP contribution in [0.3, 0.4) is 0 Å². The van der Waals surface area contributed by atoms with Crippen LogP contribution in [0.1, 0.15) is 41.6 Å². The molecule has 3 aliphatic rings. The van der Waals surface area contributed by atoms with Crippen molar-refractivity contribution in [1.82, 2.24) is 19.9 Å². The first-order valence-electron chi connectivity index (χ1n) is 14.0. The molecular weight excluding hydrogens is 593 g/mol. The highest BCUT2D eigenvalue weighted by Crippen LogP contribution is 2.39. The van der Waals surface area contributed by atoms with Gasteiger partial charge in [-0.15, -0.1) is 5.10 Å². The van der Waals surface area contributed by atoms with E-state index in [9.17, 15) is 19.2 Å². The topological polar surface area (TPSA) is 115 Å². The zero-order valence-electron chi connectivity index (χ0n) is 23.6. The van der Waals surface area contributed by atoms with Gasteiger partial charge in [0.05, 0.1) is 30.8 Å². The summed E-state index contributed by atoms with van der Waals surface area (Å²) in [5.74, 6) is -1.92. The third-order valence-corrected chi connectivity index (χ3v) is 9.17. The second-order valence-corrected chi connectivity index (χ2v) is 12.1. The van der Waals surface area contributed by atoms with Gasteiger partial charge in [-0.1, -0.05) is 46.6 Å². The third kappa shape index (κ3) is 5.02. The molecule has 3 aromatic rings. The van der Waals surface area contributed by atoms with Crippen molar-refractivity contribution in [2.45, 2.75) is 38.1 Å². The van der Waals surface area contributed by atoms with Crippen LogP contribution in [0.2, 0.25) is 10.0 Å². The molecule has 0 saturated carbocycles. The quantitative estimate of drug-likeness (QED) is 0.228. The number of hydrogen-bond donors (Lipinski definition) is 0. The lowest BCUT2D eigenvalue weighted by atomic mass is 9.85. The number of nitrogens with zero attached hydrogens (tertiary/aromatic N) is 5. The van der Waals surface area contributed by atoms with E-state index in [-0.39, 0.29) is 55.5 Å². The van der Waals surface area contributed by atoms with Gasteiger partial charge >= 0.3 is 5.97 Å². The predicted octanol–water partition coefficient (Wildman–Crippen LogP) is 4.82. The predicted molar refractivity (Wildman–Crippen MR) is 160 cm³/mol. The van der Waals surface area contributed by atoms with E-state index >= 15 is 0 Å². The van der Waals surface area contributed by atoms with Crippen LogP contribution >= 0.6 is 23.2 Å². The average molecular weight is 623 g/mol. The number of ether oxygens (including phenoxy) is 1. The van der Waals surface area contributed by atoms with Gasteiger partial charge in [-0.05, 0) is 55.7 Å². The second-order valence-electron chi connectivity index (χ2n) is 11.2. The zero-order chi connectivity index (χ0) is 30.5. The molecule has 10 nitrogen and oxygen atoms in total. The minimum absolute atomic E-state index is 0.222. The maximum absolute atomic E-state index is 13.7. The van der Waals surface area contributed by atoms with Crippen LogP contribution in [0, 0.1) is 18.8 Å². The summed E-state index contributed by atoms with van der Waals surface area (Å²) in [4.78, 5) is 56.2. The van der Waals surface area contributed by atoms with Gasteiger partial charge in [-0.2, -0.15) is 0 Å². The number of allylic oxidation sites excluding steroid dienone is 2. The van der Waals surface area contributed by atoms with Crippen LogP contribution < -0.4 is 4.90 Å². The number of halogens is 2. The minimum Gasteiger partial charge on any atom is -0.467 e. The zero-order valence-corrected chi connectivity index (χ0v) is 25.1. The summed E-state index contributed by atoms with van der Waals surface area (Å²) in [6.07, 6.45) is 7.10. The molecule has 0 bridgehead atoms. The Morgan fingerprint density at radius 3 is 2.19 bits per heavy atom. The monoisotopic (exact) mass is 621 g/mol. The molecule has 1 aromatic heterocycles. The molecule has 2 aliphatic heterocycles. The molecule has 0 spiro atoms. The Kier molecular flexibility index (Phi) is 7.60. The van der Waals surface area contributed by atoms with Crippen LogP contribution in [0.5, 0.6) is 0 Å². The highest BCUT2D eigenvalue weighted by molar-refractivity contribution is 6.35. The van der Waals surface area contributed by atoms with Gasteiger partial charge in [0.1, 0.15) is 5.69 Å². The van der Waals surface area contributed by atoms with Gasteiger partial charge in [0.2, 0.25) is 11.8 Å². The van der Waals surface area contributed by atoms with Gasteiger partial charge in [0.15, 0.2) is 5.54 Å². The first-order valence-corrected chi connectivity index (χ1v) is 14.8. The number of methoxy groups -OCH3 is 1. The number of carbonyl (C=O) groups is 4. The van der Waals surface area contributed by atoms with E-state index in [1.54, 1.807) is 47.5 Å². The molecule has 2 fully saturated rings. The number of hydrogen-bond acceptors (Lipinski definition) is 7. The van der Waals surface area contributed by atoms with Crippen molar-refractivity contribution >= 4 is 52.6 Å². The van der Waals surface area contributed by atoms with E-state index in [4.69, 9.17) is 27.9 Å². The number of piperidine rings is 1. The first-order chi connectivity index (χ1) is 20.6. The number of benzene rings is 2. The van der Waals surface area contributed by atoms with Crippen molar-refractivity contribution < 1.29 is 23.9 Å². The van der Waals surface area contributed by atoms with Crippen molar-refractivity contribution in [2.24, 2.45) is 11.8 Å². The summed E-state index contributed by atoms with van der Waals surface area (Å²) in [7, 11) is 1.32. The molecule has 0 N–H and O–H groups in total. The molecule has 2 aromatic carbocycles. The number of amides is 3. The van der Waals surface area contributed by atoms with E-state index in [0.29, 0.717) is 45.4 Å². The maximum Gasteiger partial charge on any atom is 0.334 e. The molecule has 2 saturated heterocycles. The van der Waals surface area contributed by atoms with E-state index < -0.39 is 11.5 Å². The van der Waals surface area contributed by atoms with Crippen LogP contribution in [0.25, 0.3) is 11.3 Å². The number of carbonyl (C=O) groups excluding carboxylic acids is 4. The lowest BCUT2D eigenvalue weighted by molar-refractivity contribution is -0.154. The third-order valence-electron chi connectivity index (χ3n) is 8.74. The van der Waals surface area contributed by atoms with Crippen molar-refractivity contribution in [1.29, 1.82) is 0 Å². The van der Waals surface area contributed by atoms with E-state index in [2.05, 4.69) is 10.3 Å². The van der Waals surface area contributed by atoms with Gasteiger partial charge in [-0.3, -0.25) is 14.4 Å². The van der Waals surface area contributed by atoms with Gasteiger partial charge in [0.25, 0.3) is 5.91 Å². The van der Waals surface area contributed by atoms with Crippen LogP contribution in [-0.2, 0) is 24.7 Å². The Morgan fingerprint density at radius 1 is 0.953 bits per heavy atom. The maximum atomic E-state index is 13.7. The van der Waals surface area contributed by atoms with Gasteiger partial charge in [0, 0.05) is 47.1 Å². The SMILES string of the molecule is COC(=O)C1(n2cc(-c3cc(Cl)cc(Cl)c3)nn2)CCN(C(=O)c2ccc(C)c(N3C(=O)C4CC=CCC4C3=O)c2)CC1. The van der Waals surface area contributed by atoms with E-state index in [0.717, 1.165) is 5.56 Å². The van der Waals surface area contributed by atoms with Crippen molar-refractivity contribution in [2.75, 3.05) is 25.1 Å². The van der Waals surface area contributed by atoms with Gasteiger partial charge in [-0.25, -0.2) is 14.4 Å². The van der Waals surface area contributed by atoms with Crippen molar-refractivity contribution in [3.8, 4) is 11.3 Å². The normalized spacial score (nSPS) is 21.2. The molecule has 2 unspecified atom stereocenters. The number of anilines is 1. The highest BCUT2D eigenvalue weighted by atomic mass is 35.5. The Bertz CT molecular complexity index is 1630. The Labute approximate surface area is 258 Å². The van der Waals surface area contributed by atoms with Crippen molar-refractivity contribution in [3.05, 3.63) is 75.9 Å². The summed E-state index contributed by atoms with van der Waals surface area (Å²) in [6, 6.07) is 10.1. The number of aromatic nitrogens is 3. The molecule has 43 heavy (non-hydrogen) atoms. The molecule has 2 atom stereocenters. The highest BCUT2D eigenvalue weighted by Gasteiger charge is 2.49. The van der Waals surface area contributed by atoms with Crippen molar-refractivity contribution in [3.63, 3.8) is 0 Å². The molecule has 12 heteroatoms. The Morgan fingerprint density at radius 2 is 1.58 bits per heavy atom. The first kappa shape index (κ1) is 29.1. The molecule has 3 amide bonds. The minimum atomic E-state index is -1.17. The number of likely N-dealkylation sites (tertiary alicyclic amines) is 1. The number of fused-ring (bicyclic) bond motifs is 1. The smallest absolute Gasteiger partial charge is 0.334 e. The molecule has 3 heterocycles. The lowest BCUT2D eigenvalue weighted by Gasteiger charge is -2.39.